The lowest BCUT2D eigenvalue weighted by molar-refractivity contribution is 0.458. The molecule has 3 heterocycles. The van der Waals surface area contributed by atoms with Crippen LogP contribution in [-0.2, 0) is 6.54 Å². The number of nitrogens with one attached hydrogen (secondary N) is 1. The van der Waals surface area contributed by atoms with E-state index in [1.807, 2.05) is 37.6 Å². The molecule has 0 aliphatic rings. The number of fused-ring (bicyclic) bond motifs is 1. The minimum atomic E-state index is 0.490. The fourth-order valence-electron chi connectivity index (χ4n) is 2.04. The number of hydrogen-bond donors (Lipinski definition) is 1. The zero-order valence-electron chi connectivity index (χ0n) is 11.0. The van der Waals surface area contributed by atoms with E-state index in [1.165, 1.54) is 0 Å². The lowest BCUT2D eigenvalue weighted by atomic mass is 10.3. The number of nitrogens with zero attached hydrogens (tertiary/aromatic N) is 3. The van der Waals surface area contributed by atoms with E-state index in [0.717, 1.165) is 28.2 Å². The molecule has 0 atom stereocenters. The van der Waals surface area contributed by atoms with Gasteiger partial charge in [-0.2, -0.15) is 0 Å². The third kappa shape index (κ3) is 2.08. The van der Waals surface area contributed by atoms with Crippen molar-refractivity contribution in [1.82, 2.24) is 19.5 Å². The molecule has 0 unspecified atom stereocenters. The molecule has 6 heteroatoms. The maximum atomic E-state index is 5.60. The van der Waals surface area contributed by atoms with Crippen molar-refractivity contribution in [2.24, 2.45) is 0 Å². The Labute approximate surface area is 115 Å². The van der Waals surface area contributed by atoms with Gasteiger partial charge in [0, 0.05) is 6.20 Å². The summed E-state index contributed by atoms with van der Waals surface area (Å²) in [4.78, 5) is 12.0. The van der Waals surface area contributed by atoms with Crippen LogP contribution in [0.2, 0.25) is 0 Å². The van der Waals surface area contributed by atoms with E-state index in [2.05, 4.69) is 15.0 Å². The maximum Gasteiger partial charge on any atom is 0.214 e. The summed E-state index contributed by atoms with van der Waals surface area (Å²) in [6.07, 6.45) is 1.83. The van der Waals surface area contributed by atoms with Crippen LogP contribution in [0.4, 0.5) is 0 Å². The fourth-order valence-corrected chi connectivity index (χ4v) is 2.30. The van der Waals surface area contributed by atoms with E-state index in [4.69, 9.17) is 16.6 Å². The highest BCUT2D eigenvalue weighted by atomic mass is 32.1. The van der Waals surface area contributed by atoms with Gasteiger partial charge in [0.15, 0.2) is 10.4 Å². The molecule has 0 fully saturated rings. The van der Waals surface area contributed by atoms with Crippen molar-refractivity contribution in [2.75, 3.05) is 0 Å². The largest absolute Gasteiger partial charge is 0.444 e. The first-order chi connectivity index (χ1) is 9.04. The first-order valence-electron chi connectivity index (χ1n) is 6.02. The summed E-state index contributed by atoms with van der Waals surface area (Å²) in [5.41, 5.74) is 3.76. The summed E-state index contributed by atoms with van der Waals surface area (Å²) in [7, 11) is 0. The third-order valence-electron chi connectivity index (χ3n) is 3.11. The molecule has 0 saturated heterocycles. The molecule has 0 spiro atoms. The van der Waals surface area contributed by atoms with Crippen molar-refractivity contribution in [3.8, 4) is 0 Å². The van der Waals surface area contributed by atoms with Crippen LogP contribution in [0.5, 0.6) is 0 Å². The molecule has 3 aromatic heterocycles. The Morgan fingerprint density at radius 2 is 2.16 bits per heavy atom. The predicted octanol–water partition coefficient (Wildman–Crippen LogP) is 3.06. The van der Waals surface area contributed by atoms with Crippen molar-refractivity contribution in [3.63, 3.8) is 0 Å². The highest BCUT2D eigenvalue weighted by Gasteiger charge is 2.11. The van der Waals surface area contributed by atoms with Crippen LogP contribution in [0.1, 0.15) is 22.9 Å². The molecule has 0 aromatic carbocycles. The van der Waals surface area contributed by atoms with Crippen LogP contribution in [-0.4, -0.2) is 19.5 Å². The zero-order chi connectivity index (χ0) is 13.6. The van der Waals surface area contributed by atoms with Gasteiger partial charge in [0.05, 0.1) is 11.2 Å². The Morgan fingerprint density at radius 1 is 1.37 bits per heavy atom. The van der Waals surface area contributed by atoms with Crippen molar-refractivity contribution >= 4 is 23.4 Å². The molecule has 0 saturated carbocycles. The number of pyridine rings is 1. The topological polar surface area (TPSA) is 59.6 Å². The molecule has 0 radical (unpaired) electrons. The van der Waals surface area contributed by atoms with Gasteiger partial charge in [-0.25, -0.2) is 9.97 Å². The predicted molar refractivity (Wildman–Crippen MR) is 74.7 cm³/mol. The summed E-state index contributed by atoms with van der Waals surface area (Å²) in [6.45, 7) is 6.32. The van der Waals surface area contributed by atoms with Gasteiger partial charge >= 0.3 is 0 Å². The Balaban J connectivity index is 2.10. The van der Waals surface area contributed by atoms with E-state index in [1.54, 1.807) is 0 Å². The number of hydrogen-bond acceptors (Lipinski definition) is 4. The second-order valence-electron chi connectivity index (χ2n) is 4.65. The van der Waals surface area contributed by atoms with Crippen LogP contribution >= 0.6 is 12.2 Å². The van der Waals surface area contributed by atoms with E-state index < -0.39 is 0 Å². The standard InChI is InChI=1S/C13H14N4OS/c1-7-4-10-12(14-5-7)17(13(19)16-10)6-11-15-8(2)9(3)18-11/h4-5H,6H2,1-3H3,(H,16,19). The Bertz CT molecular complexity index is 792. The van der Waals surface area contributed by atoms with Crippen molar-refractivity contribution < 1.29 is 4.42 Å². The van der Waals surface area contributed by atoms with Gasteiger partial charge in [0.2, 0.25) is 5.89 Å². The lowest BCUT2D eigenvalue weighted by Gasteiger charge is -2.00. The fraction of sp³-hybridized carbons (Fsp3) is 0.308. The van der Waals surface area contributed by atoms with Crippen molar-refractivity contribution in [2.45, 2.75) is 27.3 Å². The molecular weight excluding hydrogens is 260 g/mol. The SMILES string of the molecule is Cc1cnc2c(c1)[nH]c(=S)n2Cc1nc(C)c(C)o1. The Hall–Kier alpha value is -1.95. The first-order valence-corrected chi connectivity index (χ1v) is 6.43. The summed E-state index contributed by atoms with van der Waals surface area (Å²) in [5, 5.41) is 0. The Morgan fingerprint density at radius 3 is 2.84 bits per heavy atom. The quantitative estimate of drug-likeness (QED) is 0.730. The lowest BCUT2D eigenvalue weighted by Crippen LogP contribution is -2.01. The monoisotopic (exact) mass is 274 g/mol. The molecule has 0 amide bonds. The molecule has 98 valence electrons. The first kappa shape index (κ1) is 12.1. The van der Waals surface area contributed by atoms with Crippen molar-refractivity contribution in [3.05, 3.63) is 39.9 Å². The average Bonchev–Trinajstić information content (AvgIpc) is 2.81. The highest BCUT2D eigenvalue weighted by Crippen LogP contribution is 2.16. The molecule has 0 bridgehead atoms. The molecule has 19 heavy (non-hydrogen) atoms. The number of imidazole rings is 1. The molecule has 5 nitrogen and oxygen atoms in total. The number of H-pyrrole nitrogens is 1. The normalized spacial score (nSPS) is 11.3. The zero-order valence-corrected chi connectivity index (χ0v) is 11.8. The van der Waals surface area contributed by atoms with Gasteiger partial charge in [0.25, 0.3) is 0 Å². The number of aryl methyl sites for hydroxylation is 3. The average molecular weight is 274 g/mol. The van der Waals surface area contributed by atoms with Crippen LogP contribution in [0, 0.1) is 25.5 Å². The van der Waals surface area contributed by atoms with E-state index in [-0.39, 0.29) is 0 Å². The summed E-state index contributed by atoms with van der Waals surface area (Å²) in [6, 6.07) is 2.03. The summed E-state index contributed by atoms with van der Waals surface area (Å²) >= 11 is 5.33. The molecular formula is C13H14N4OS. The highest BCUT2D eigenvalue weighted by molar-refractivity contribution is 7.71. The van der Waals surface area contributed by atoms with Crippen LogP contribution in [0.25, 0.3) is 11.2 Å². The summed E-state index contributed by atoms with van der Waals surface area (Å²) in [5.74, 6) is 1.49. The molecule has 3 rings (SSSR count). The molecule has 0 aliphatic heterocycles. The van der Waals surface area contributed by atoms with Gasteiger partial charge in [-0.05, 0) is 44.6 Å². The number of aromatic nitrogens is 4. The second kappa shape index (κ2) is 4.31. The smallest absolute Gasteiger partial charge is 0.214 e. The minimum absolute atomic E-state index is 0.490. The third-order valence-corrected chi connectivity index (χ3v) is 3.43. The van der Waals surface area contributed by atoms with E-state index >= 15 is 0 Å². The van der Waals surface area contributed by atoms with Gasteiger partial charge in [-0.3, -0.25) is 4.57 Å². The van der Waals surface area contributed by atoms with E-state index in [9.17, 15) is 0 Å². The number of aromatic amines is 1. The van der Waals surface area contributed by atoms with Gasteiger partial charge in [-0.15, -0.1) is 0 Å². The van der Waals surface area contributed by atoms with Gasteiger partial charge < -0.3 is 9.40 Å². The van der Waals surface area contributed by atoms with Crippen LogP contribution < -0.4 is 0 Å². The van der Waals surface area contributed by atoms with E-state index in [0.29, 0.717) is 17.2 Å². The second-order valence-corrected chi connectivity index (χ2v) is 5.04. The molecule has 1 N–H and O–H groups in total. The van der Waals surface area contributed by atoms with Gasteiger partial charge in [-0.1, -0.05) is 0 Å². The maximum absolute atomic E-state index is 5.60. The van der Waals surface area contributed by atoms with Crippen LogP contribution in [0.3, 0.4) is 0 Å². The number of oxazole rings is 1. The molecule has 0 aliphatic carbocycles. The minimum Gasteiger partial charge on any atom is -0.444 e. The number of rotatable bonds is 2. The van der Waals surface area contributed by atoms with Crippen LogP contribution in [0.15, 0.2) is 16.7 Å². The summed E-state index contributed by atoms with van der Waals surface area (Å²) < 4.78 is 8.12. The van der Waals surface area contributed by atoms with Gasteiger partial charge in [0.1, 0.15) is 12.3 Å². The van der Waals surface area contributed by atoms with Crippen molar-refractivity contribution in [1.29, 1.82) is 0 Å². The Kier molecular flexibility index (Phi) is 2.74. The molecule has 3 aromatic rings.